The van der Waals surface area contributed by atoms with Crippen LogP contribution >= 0.6 is 15.9 Å². The fraction of sp³-hybridized carbons (Fsp3) is 0.600. The molecular weight excluding hydrogens is 260 g/mol. The lowest BCUT2D eigenvalue weighted by molar-refractivity contribution is 0.571. The molecule has 90 valence electrons. The zero-order chi connectivity index (χ0) is 12.0. The molecule has 0 N–H and O–H groups in total. The molecular formula is C15H23Br. The number of rotatable bonds is 6. The Morgan fingerprint density at radius 3 is 2.12 bits per heavy atom. The maximum Gasteiger partial charge on any atom is 0.0188 e. The Morgan fingerprint density at radius 2 is 1.62 bits per heavy atom. The number of hydrogen-bond donors (Lipinski definition) is 0. The van der Waals surface area contributed by atoms with Crippen molar-refractivity contribution in [3.63, 3.8) is 0 Å². The Hall–Kier alpha value is -0.300. The molecule has 1 heteroatoms. The maximum atomic E-state index is 3.76. The molecule has 1 aromatic carbocycles. The molecule has 0 saturated heterocycles. The van der Waals surface area contributed by atoms with E-state index in [1.54, 1.807) is 0 Å². The second-order valence-electron chi connectivity index (χ2n) is 5.00. The van der Waals surface area contributed by atoms with E-state index in [2.05, 4.69) is 61.0 Å². The second-order valence-corrected chi connectivity index (χ2v) is 6.29. The summed E-state index contributed by atoms with van der Waals surface area (Å²) < 4.78 is 0. The van der Waals surface area contributed by atoms with E-state index in [9.17, 15) is 0 Å². The molecule has 1 unspecified atom stereocenters. The van der Waals surface area contributed by atoms with Crippen LogP contribution in [-0.2, 0) is 12.8 Å². The largest absolute Gasteiger partial charge is 0.0887 e. The minimum atomic E-state index is 0.615. The lowest BCUT2D eigenvalue weighted by atomic mass is 10.0. The van der Waals surface area contributed by atoms with Crippen LogP contribution in [0, 0.1) is 5.92 Å². The third kappa shape index (κ3) is 5.16. The molecule has 1 atom stereocenters. The molecule has 0 fully saturated rings. The summed E-state index contributed by atoms with van der Waals surface area (Å²) in [5, 5.41) is 0. The van der Waals surface area contributed by atoms with Gasteiger partial charge in [-0.25, -0.2) is 0 Å². The van der Waals surface area contributed by atoms with E-state index in [-0.39, 0.29) is 0 Å². The van der Waals surface area contributed by atoms with Crippen LogP contribution in [0.25, 0.3) is 0 Å². The van der Waals surface area contributed by atoms with Gasteiger partial charge >= 0.3 is 0 Å². The first-order valence-electron chi connectivity index (χ1n) is 6.33. The summed E-state index contributed by atoms with van der Waals surface area (Å²) in [7, 11) is 0. The molecule has 0 heterocycles. The lowest BCUT2D eigenvalue weighted by Gasteiger charge is -2.12. The average molecular weight is 283 g/mol. The summed E-state index contributed by atoms with van der Waals surface area (Å²) in [6.07, 6.45) is 4.82. The van der Waals surface area contributed by atoms with E-state index in [0.717, 1.165) is 12.3 Å². The molecule has 0 amide bonds. The van der Waals surface area contributed by atoms with Gasteiger partial charge in [0, 0.05) is 4.83 Å². The Morgan fingerprint density at radius 1 is 1.06 bits per heavy atom. The highest BCUT2D eigenvalue weighted by Crippen LogP contribution is 2.18. The van der Waals surface area contributed by atoms with Gasteiger partial charge in [0.25, 0.3) is 0 Å². The summed E-state index contributed by atoms with van der Waals surface area (Å²) in [5.74, 6) is 0.767. The van der Waals surface area contributed by atoms with E-state index >= 15 is 0 Å². The molecule has 0 saturated carbocycles. The van der Waals surface area contributed by atoms with Gasteiger partial charge in [-0.05, 0) is 36.3 Å². The van der Waals surface area contributed by atoms with E-state index in [0.29, 0.717) is 4.83 Å². The van der Waals surface area contributed by atoms with Gasteiger partial charge in [0.15, 0.2) is 0 Å². The Bertz CT molecular complexity index is 287. The Balaban J connectivity index is 2.48. The predicted molar refractivity (Wildman–Crippen MR) is 76.3 cm³/mol. The van der Waals surface area contributed by atoms with Crippen molar-refractivity contribution in [1.82, 2.24) is 0 Å². The Kier molecular flexibility index (Phi) is 6.12. The summed E-state index contributed by atoms with van der Waals surface area (Å²) >= 11 is 3.76. The number of aryl methyl sites for hydroxylation is 1. The van der Waals surface area contributed by atoms with Crippen molar-refractivity contribution in [3.05, 3.63) is 35.4 Å². The topological polar surface area (TPSA) is 0 Å². The van der Waals surface area contributed by atoms with Gasteiger partial charge < -0.3 is 0 Å². The average Bonchev–Trinajstić information content (AvgIpc) is 2.20. The van der Waals surface area contributed by atoms with Crippen molar-refractivity contribution < 1.29 is 0 Å². The summed E-state index contributed by atoms with van der Waals surface area (Å²) in [4.78, 5) is 0.615. The fourth-order valence-electron chi connectivity index (χ4n) is 1.98. The van der Waals surface area contributed by atoms with Crippen LogP contribution < -0.4 is 0 Å². The smallest absolute Gasteiger partial charge is 0.0188 e. The van der Waals surface area contributed by atoms with Crippen LogP contribution in [0.5, 0.6) is 0 Å². The minimum absolute atomic E-state index is 0.615. The summed E-state index contributed by atoms with van der Waals surface area (Å²) in [5.41, 5.74) is 2.91. The third-order valence-corrected chi connectivity index (χ3v) is 3.44. The van der Waals surface area contributed by atoms with Crippen molar-refractivity contribution in [3.8, 4) is 0 Å². The second kappa shape index (κ2) is 7.11. The van der Waals surface area contributed by atoms with Crippen LogP contribution in [0.4, 0.5) is 0 Å². The predicted octanol–water partition coefficient (Wildman–Crippen LogP) is 4.99. The molecule has 0 aliphatic rings. The standard InChI is InChI=1S/C15H23Br/c1-4-5-13-6-8-14(9-7-13)11-15(16)10-12(2)3/h6-9,12,15H,4-5,10-11H2,1-3H3. The quantitative estimate of drug-likeness (QED) is 0.645. The highest BCUT2D eigenvalue weighted by molar-refractivity contribution is 9.09. The monoisotopic (exact) mass is 282 g/mol. The van der Waals surface area contributed by atoms with Crippen molar-refractivity contribution in [2.24, 2.45) is 5.92 Å². The summed E-state index contributed by atoms with van der Waals surface area (Å²) in [6.45, 7) is 6.78. The van der Waals surface area contributed by atoms with Crippen molar-refractivity contribution in [1.29, 1.82) is 0 Å². The number of halogens is 1. The van der Waals surface area contributed by atoms with E-state index < -0.39 is 0 Å². The first kappa shape index (κ1) is 13.8. The normalized spacial score (nSPS) is 13.1. The van der Waals surface area contributed by atoms with Crippen LogP contribution in [-0.4, -0.2) is 4.83 Å². The molecule has 0 aliphatic carbocycles. The van der Waals surface area contributed by atoms with Crippen molar-refractivity contribution in [2.75, 3.05) is 0 Å². The van der Waals surface area contributed by atoms with Gasteiger partial charge in [0.05, 0.1) is 0 Å². The number of hydrogen-bond acceptors (Lipinski definition) is 0. The molecule has 1 rings (SSSR count). The Labute approximate surface area is 109 Å². The molecule has 0 aliphatic heterocycles. The zero-order valence-corrected chi connectivity index (χ0v) is 12.3. The van der Waals surface area contributed by atoms with Crippen molar-refractivity contribution in [2.45, 2.75) is 51.3 Å². The minimum Gasteiger partial charge on any atom is -0.0887 e. The van der Waals surface area contributed by atoms with Gasteiger partial charge in [-0.3, -0.25) is 0 Å². The first-order chi connectivity index (χ1) is 7.61. The third-order valence-electron chi connectivity index (χ3n) is 2.75. The van der Waals surface area contributed by atoms with Crippen molar-refractivity contribution >= 4 is 15.9 Å². The van der Waals surface area contributed by atoms with Crippen LogP contribution in [0.3, 0.4) is 0 Å². The van der Waals surface area contributed by atoms with Gasteiger partial charge in [-0.1, -0.05) is 67.4 Å². The fourth-order valence-corrected chi connectivity index (χ4v) is 3.10. The van der Waals surface area contributed by atoms with Crippen LogP contribution in [0.1, 0.15) is 44.7 Å². The van der Waals surface area contributed by atoms with Crippen LogP contribution in [0.15, 0.2) is 24.3 Å². The zero-order valence-electron chi connectivity index (χ0n) is 10.7. The molecule has 0 radical (unpaired) electrons. The molecule has 16 heavy (non-hydrogen) atoms. The molecule has 0 spiro atoms. The van der Waals surface area contributed by atoms with Crippen LogP contribution in [0.2, 0.25) is 0 Å². The van der Waals surface area contributed by atoms with Gasteiger partial charge in [0.2, 0.25) is 0 Å². The van der Waals surface area contributed by atoms with E-state index in [1.807, 2.05) is 0 Å². The highest BCUT2D eigenvalue weighted by atomic mass is 79.9. The molecule has 0 aromatic heterocycles. The van der Waals surface area contributed by atoms with Gasteiger partial charge in [-0.15, -0.1) is 0 Å². The van der Waals surface area contributed by atoms with E-state index in [1.165, 1.54) is 30.4 Å². The molecule has 0 nitrogen and oxygen atoms in total. The molecule has 0 bridgehead atoms. The highest BCUT2D eigenvalue weighted by Gasteiger charge is 2.07. The first-order valence-corrected chi connectivity index (χ1v) is 7.25. The number of alkyl halides is 1. The van der Waals surface area contributed by atoms with Gasteiger partial charge in [0.1, 0.15) is 0 Å². The molecule has 1 aromatic rings. The summed E-state index contributed by atoms with van der Waals surface area (Å²) in [6, 6.07) is 9.10. The lowest BCUT2D eigenvalue weighted by Crippen LogP contribution is -2.06. The number of benzene rings is 1. The SMILES string of the molecule is CCCc1ccc(CC(Br)CC(C)C)cc1. The van der Waals surface area contributed by atoms with E-state index in [4.69, 9.17) is 0 Å². The maximum absolute atomic E-state index is 3.76. The van der Waals surface area contributed by atoms with Gasteiger partial charge in [-0.2, -0.15) is 0 Å².